The second-order valence-electron chi connectivity index (χ2n) is 8.25. The number of aliphatic imine (C=N–C) groups is 1. The zero-order chi connectivity index (χ0) is 25.0. The van der Waals surface area contributed by atoms with Gasteiger partial charge in [-0.05, 0) is 31.0 Å². The lowest BCUT2D eigenvalue weighted by atomic mass is 9.95. The third kappa shape index (κ3) is 5.28. The van der Waals surface area contributed by atoms with Gasteiger partial charge in [0.05, 0.1) is 11.7 Å². The Hall–Kier alpha value is -3.65. The number of nitrogens with zero attached hydrogens (tertiary/aromatic N) is 2. The van der Waals surface area contributed by atoms with E-state index in [0.717, 1.165) is 35.3 Å². The fraction of sp³-hybridized carbons (Fsp3) is 0.269. The predicted molar refractivity (Wildman–Crippen MR) is 130 cm³/mol. The van der Waals surface area contributed by atoms with Crippen LogP contribution in [0.15, 0.2) is 66.3 Å². The first-order chi connectivity index (χ1) is 16.1. The summed E-state index contributed by atoms with van der Waals surface area (Å²) in [7, 11) is 0. The molecule has 2 aromatic carbocycles. The first-order valence-electron chi connectivity index (χ1n) is 10.8. The molecule has 2 aliphatic heterocycles. The van der Waals surface area contributed by atoms with E-state index in [-0.39, 0.29) is 23.1 Å². The monoisotopic (exact) mass is 466 g/mol. The van der Waals surface area contributed by atoms with E-state index in [1.165, 1.54) is 24.3 Å². The number of halogens is 2. The Kier molecular flexibility index (Phi) is 7.41. The van der Waals surface area contributed by atoms with Crippen LogP contribution < -0.4 is 11.1 Å². The number of nitrogens with one attached hydrogen (secondary N) is 1. The van der Waals surface area contributed by atoms with Gasteiger partial charge in [0, 0.05) is 48.0 Å². The molecule has 34 heavy (non-hydrogen) atoms. The van der Waals surface area contributed by atoms with Crippen LogP contribution in [0.25, 0.3) is 5.70 Å². The number of hydrogen-bond donors (Lipinski definition) is 2. The molecule has 1 amide bonds. The summed E-state index contributed by atoms with van der Waals surface area (Å²) >= 11 is 0. The summed E-state index contributed by atoms with van der Waals surface area (Å²) in [5.41, 5.74) is 10.5. The Balaban J connectivity index is 0.000000229. The number of amides is 1. The number of rotatable bonds is 4. The van der Waals surface area contributed by atoms with Gasteiger partial charge < -0.3 is 16.0 Å². The van der Waals surface area contributed by atoms with Gasteiger partial charge in [0.2, 0.25) is 5.91 Å². The van der Waals surface area contributed by atoms with Crippen molar-refractivity contribution in [3.63, 3.8) is 0 Å². The lowest BCUT2D eigenvalue weighted by molar-refractivity contribution is -0.121. The summed E-state index contributed by atoms with van der Waals surface area (Å²) in [5, 5.41) is 2.82. The van der Waals surface area contributed by atoms with Crippen molar-refractivity contribution < 1.29 is 18.4 Å². The van der Waals surface area contributed by atoms with E-state index in [1.54, 1.807) is 0 Å². The molecule has 1 saturated heterocycles. The number of amidine groups is 1. The van der Waals surface area contributed by atoms with Crippen LogP contribution in [0.4, 0.5) is 14.5 Å². The molecule has 6 nitrogen and oxygen atoms in total. The maximum absolute atomic E-state index is 12.7. The van der Waals surface area contributed by atoms with E-state index in [1.807, 2.05) is 25.1 Å². The van der Waals surface area contributed by atoms with Crippen LogP contribution in [0.2, 0.25) is 0 Å². The summed E-state index contributed by atoms with van der Waals surface area (Å²) in [6.45, 7) is 11.4. The van der Waals surface area contributed by atoms with E-state index in [2.05, 4.69) is 28.4 Å². The van der Waals surface area contributed by atoms with E-state index >= 15 is 0 Å². The molecule has 0 aliphatic carbocycles. The van der Waals surface area contributed by atoms with Crippen molar-refractivity contribution in [2.24, 2.45) is 10.7 Å². The second-order valence-corrected chi connectivity index (χ2v) is 8.25. The molecule has 1 unspecified atom stereocenters. The zero-order valence-electron chi connectivity index (χ0n) is 19.3. The Bertz CT molecular complexity index is 1170. The molecular weight excluding hydrogens is 438 g/mol. The van der Waals surface area contributed by atoms with Gasteiger partial charge in [-0.25, -0.2) is 13.8 Å². The number of piperidine rings is 1. The number of hydrogen-bond acceptors (Lipinski definition) is 5. The highest BCUT2D eigenvalue weighted by Gasteiger charge is 2.33. The standard InChI is InChI=1S/C17H20N4O.C9H8F2O/c1-10-15(7-8-16(22)19-10)21-11(2)17-13(9-18)5-4-6-14(17)20-12(21)3;1-9(10,11)8-4-2-3-7(5-8)6-12/h4-6,15H,1-2,7-9,18H2,3H3,(H,19,22);2-6H,1H3. The van der Waals surface area contributed by atoms with Crippen molar-refractivity contribution in [3.8, 4) is 0 Å². The molecule has 0 radical (unpaired) electrons. The summed E-state index contributed by atoms with van der Waals surface area (Å²) in [6, 6.07) is 11.3. The number of benzene rings is 2. The van der Waals surface area contributed by atoms with Gasteiger partial charge >= 0.3 is 0 Å². The van der Waals surface area contributed by atoms with Crippen LogP contribution in [0.1, 0.15) is 53.7 Å². The predicted octanol–water partition coefficient (Wildman–Crippen LogP) is 4.88. The molecule has 0 saturated carbocycles. The molecule has 1 fully saturated rings. The van der Waals surface area contributed by atoms with Gasteiger partial charge in [0.1, 0.15) is 12.1 Å². The van der Waals surface area contributed by atoms with E-state index < -0.39 is 5.92 Å². The minimum atomic E-state index is -2.88. The van der Waals surface area contributed by atoms with Crippen LogP contribution in [-0.4, -0.2) is 29.0 Å². The summed E-state index contributed by atoms with van der Waals surface area (Å²) < 4.78 is 25.3. The quantitative estimate of drug-likeness (QED) is 0.629. The maximum atomic E-state index is 12.7. The minimum absolute atomic E-state index is 0.0153. The number of carbonyl (C=O) groups excluding carboxylic acids is 2. The van der Waals surface area contributed by atoms with Gasteiger partial charge in [0.15, 0.2) is 0 Å². The van der Waals surface area contributed by atoms with Crippen molar-refractivity contribution in [1.82, 2.24) is 10.2 Å². The first kappa shape index (κ1) is 25.0. The van der Waals surface area contributed by atoms with Gasteiger partial charge in [-0.15, -0.1) is 0 Å². The number of alkyl halides is 2. The third-order valence-electron chi connectivity index (χ3n) is 5.75. The maximum Gasteiger partial charge on any atom is 0.270 e. The molecule has 2 aliphatic rings. The van der Waals surface area contributed by atoms with E-state index in [0.29, 0.717) is 31.4 Å². The average molecular weight is 467 g/mol. The van der Waals surface area contributed by atoms with E-state index in [9.17, 15) is 18.4 Å². The van der Waals surface area contributed by atoms with Crippen LogP contribution in [0.3, 0.4) is 0 Å². The van der Waals surface area contributed by atoms with Crippen LogP contribution >= 0.6 is 0 Å². The Morgan fingerprint density at radius 3 is 2.59 bits per heavy atom. The highest BCUT2D eigenvalue weighted by Crippen LogP contribution is 2.38. The average Bonchev–Trinajstić information content (AvgIpc) is 2.79. The smallest absolute Gasteiger partial charge is 0.270 e. The highest BCUT2D eigenvalue weighted by molar-refractivity contribution is 5.98. The fourth-order valence-electron chi connectivity index (χ4n) is 4.08. The first-order valence-corrected chi connectivity index (χ1v) is 10.8. The molecule has 1 atom stereocenters. The van der Waals surface area contributed by atoms with Gasteiger partial charge in [-0.1, -0.05) is 43.5 Å². The zero-order valence-corrected chi connectivity index (χ0v) is 19.3. The van der Waals surface area contributed by atoms with E-state index in [4.69, 9.17) is 5.73 Å². The van der Waals surface area contributed by atoms with Crippen molar-refractivity contribution in [2.45, 2.75) is 45.2 Å². The number of carbonyl (C=O) groups is 2. The third-order valence-corrected chi connectivity index (χ3v) is 5.75. The molecule has 0 aromatic heterocycles. The second kappa shape index (κ2) is 10.1. The van der Waals surface area contributed by atoms with Gasteiger partial charge in [-0.2, -0.15) is 0 Å². The molecule has 0 spiro atoms. The lowest BCUT2D eigenvalue weighted by Crippen LogP contribution is -2.47. The van der Waals surface area contributed by atoms with Crippen molar-refractivity contribution >= 4 is 29.4 Å². The van der Waals surface area contributed by atoms with Crippen molar-refractivity contribution in [1.29, 1.82) is 0 Å². The Morgan fingerprint density at radius 2 is 1.97 bits per heavy atom. The van der Waals surface area contributed by atoms with Gasteiger partial charge in [-0.3, -0.25) is 9.59 Å². The molecule has 8 heteroatoms. The molecule has 4 rings (SSSR count). The summed E-state index contributed by atoms with van der Waals surface area (Å²) in [6.07, 6.45) is 1.73. The van der Waals surface area contributed by atoms with Crippen molar-refractivity contribution in [3.05, 3.63) is 83.6 Å². The number of fused-ring (bicyclic) bond motifs is 1. The van der Waals surface area contributed by atoms with Gasteiger partial charge in [0.25, 0.3) is 5.92 Å². The highest BCUT2D eigenvalue weighted by atomic mass is 19.3. The SMILES string of the molecule is C=C1NC(=O)CCC1N1C(=C)c2c(CN)cccc2N=C1C.CC(F)(F)c1cccc(C=O)c1. The largest absolute Gasteiger partial charge is 0.328 e. The molecule has 2 aromatic rings. The van der Waals surface area contributed by atoms with Crippen LogP contribution in [-0.2, 0) is 17.3 Å². The van der Waals surface area contributed by atoms with Crippen LogP contribution in [0, 0.1) is 0 Å². The topological polar surface area (TPSA) is 87.8 Å². The normalized spacial score (nSPS) is 17.8. The molecular formula is C26H28F2N4O2. The minimum Gasteiger partial charge on any atom is -0.328 e. The number of aldehydes is 1. The summed E-state index contributed by atoms with van der Waals surface area (Å²) in [5.74, 6) is -2.01. The molecule has 178 valence electrons. The Labute approximate surface area is 197 Å². The Morgan fingerprint density at radius 1 is 1.26 bits per heavy atom. The van der Waals surface area contributed by atoms with Crippen LogP contribution in [0.5, 0.6) is 0 Å². The molecule has 3 N–H and O–H groups in total. The van der Waals surface area contributed by atoms with Crippen molar-refractivity contribution in [2.75, 3.05) is 0 Å². The fourth-order valence-corrected chi connectivity index (χ4v) is 4.08. The number of nitrogens with two attached hydrogens (primary N) is 1. The lowest BCUT2D eigenvalue weighted by Gasteiger charge is -2.40. The molecule has 2 heterocycles. The summed E-state index contributed by atoms with van der Waals surface area (Å²) in [4.78, 5) is 28.5. The molecule has 0 bridgehead atoms.